The van der Waals surface area contributed by atoms with E-state index in [2.05, 4.69) is 16.0 Å². The molecular weight excluding hydrogens is 262 g/mol. The average molecular weight is 279 g/mol. The van der Waals surface area contributed by atoms with Gasteiger partial charge in [-0.1, -0.05) is 0 Å². The van der Waals surface area contributed by atoms with Crippen molar-refractivity contribution in [2.24, 2.45) is 0 Å². The van der Waals surface area contributed by atoms with E-state index in [0.29, 0.717) is 5.69 Å². The summed E-state index contributed by atoms with van der Waals surface area (Å²) >= 11 is 0. The highest BCUT2D eigenvalue weighted by Gasteiger charge is 2.14. The van der Waals surface area contributed by atoms with Gasteiger partial charge >= 0.3 is 11.8 Å². The lowest BCUT2D eigenvalue weighted by Gasteiger charge is -2.09. The Morgan fingerprint density at radius 1 is 1.10 bits per heavy atom. The van der Waals surface area contributed by atoms with Gasteiger partial charge in [-0.15, -0.1) is 0 Å². The van der Waals surface area contributed by atoms with Gasteiger partial charge in [-0.3, -0.25) is 14.4 Å². The molecule has 108 valence electrons. The van der Waals surface area contributed by atoms with Crippen LogP contribution in [0.25, 0.3) is 0 Å². The molecule has 0 radical (unpaired) electrons. The van der Waals surface area contributed by atoms with E-state index in [0.717, 1.165) is 0 Å². The highest BCUT2D eigenvalue weighted by atomic mass is 16.3. The molecule has 4 N–H and O–H groups in total. The van der Waals surface area contributed by atoms with Gasteiger partial charge in [0.25, 0.3) is 0 Å². The van der Waals surface area contributed by atoms with E-state index >= 15 is 0 Å². The fraction of sp³-hybridized carbons (Fsp3) is 0.308. The van der Waals surface area contributed by atoms with Crippen molar-refractivity contribution in [1.82, 2.24) is 10.6 Å². The molecule has 0 aliphatic rings. The summed E-state index contributed by atoms with van der Waals surface area (Å²) in [7, 11) is 0. The van der Waals surface area contributed by atoms with Crippen molar-refractivity contribution in [2.45, 2.75) is 19.9 Å². The van der Waals surface area contributed by atoms with Crippen molar-refractivity contribution >= 4 is 23.4 Å². The van der Waals surface area contributed by atoms with E-state index in [1.807, 2.05) is 0 Å². The first kappa shape index (κ1) is 15.5. The van der Waals surface area contributed by atoms with E-state index in [1.54, 1.807) is 13.8 Å². The van der Waals surface area contributed by atoms with Gasteiger partial charge in [-0.2, -0.15) is 0 Å². The number of anilines is 1. The summed E-state index contributed by atoms with van der Waals surface area (Å²) in [5.41, 5.74) is 0.370. The molecule has 0 saturated carbocycles. The van der Waals surface area contributed by atoms with Gasteiger partial charge in [-0.25, -0.2) is 0 Å². The lowest BCUT2D eigenvalue weighted by atomic mass is 10.3. The lowest BCUT2D eigenvalue weighted by Crippen LogP contribution is -2.43. The van der Waals surface area contributed by atoms with E-state index in [-0.39, 0.29) is 24.2 Å². The van der Waals surface area contributed by atoms with Crippen LogP contribution in [-0.4, -0.2) is 35.4 Å². The Morgan fingerprint density at radius 3 is 2.25 bits per heavy atom. The molecule has 0 aliphatic carbocycles. The van der Waals surface area contributed by atoms with Crippen molar-refractivity contribution in [3.63, 3.8) is 0 Å². The van der Waals surface area contributed by atoms with Gasteiger partial charge in [0.15, 0.2) is 0 Å². The summed E-state index contributed by atoms with van der Waals surface area (Å²) in [5, 5.41) is 16.2. The number of carbonyl (C=O) groups excluding carboxylic acids is 3. The molecule has 3 amide bonds. The van der Waals surface area contributed by atoms with Crippen LogP contribution in [0.5, 0.6) is 5.75 Å². The first-order valence-corrected chi connectivity index (χ1v) is 6.06. The van der Waals surface area contributed by atoms with Crippen molar-refractivity contribution in [1.29, 1.82) is 0 Å². The van der Waals surface area contributed by atoms with Crippen LogP contribution in [0.3, 0.4) is 0 Å². The fourth-order valence-corrected chi connectivity index (χ4v) is 1.35. The quantitative estimate of drug-likeness (QED) is 0.458. The van der Waals surface area contributed by atoms with Gasteiger partial charge in [0.05, 0.1) is 6.54 Å². The van der Waals surface area contributed by atoms with Crippen LogP contribution in [-0.2, 0) is 14.4 Å². The maximum absolute atomic E-state index is 11.5. The monoisotopic (exact) mass is 279 g/mol. The fourth-order valence-electron chi connectivity index (χ4n) is 1.35. The molecule has 7 nitrogen and oxygen atoms in total. The van der Waals surface area contributed by atoms with Gasteiger partial charge in [-0.05, 0) is 38.1 Å². The molecule has 0 saturated heterocycles. The third kappa shape index (κ3) is 5.38. The second kappa shape index (κ2) is 7.13. The maximum Gasteiger partial charge on any atom is 0.313 e. The molecule has 0 unspecified atom stereocenters. The zero-order valence-corrected chi connectivity index (χ0v) is 11.3. The van der Waals surface area contributed by atoms with E-state index < -0.39 is 11.8 Å². The topological polar surface area (TPSA) is 108 Å². The third-order valence-electron chi connectivity index (χ3n) is 2.19. The average Bonchev–Trinajstić information content (AvgIpc) is 2.37. The molecule has 1 aromatic carbocycles. The van der Waals surface area contributed by atoms with Gasteiger partial charge in [0.2, 0.25) is 5.91 Å². The van der Waals surface area contributed by atoms with E-state index in [9.17, 15) is 14.4 Å². The molecule has 20 heavy (non-hydrogen) atoms. The minimum atomic E-state index is -0.906. The van der Waals surface area contributed by atoms with Crippen LogP contribution < -0.4 is 16.0 Å². The largest absolute Gasteiger partial charge is 0.508 e. The van der Waals surface area contributed by atoms with E-state index in [4.69, 9.17) is 5.11 Å². The number of nitrogens with one attached hydrogen (secondary N) is 3. The summed E-state index contributed by atoms with van der Waals surface area (Å²) in [6.45, 7) is 3.31. The zero-order valence-electron chi connectivity index (χ0n) is 11.3. The molecule has 7 heteroatoms. The normalized spacial score (nSPS) is 9.95. The molecule has 0 heterocycles. The number of phenolic OH excluding ortho intramolecular Hbond substituents is 1. The first-order chi connectivity index (χ1) is 9.38. The second-order valence-corrected chi connectivity index (χ2v) is 4.41. The standard InChI is InChI=1S/C13H17N3O4/c1-8(2)15-11(18)7-14-12(19)13(20)16-9-3-5-10(17)6-4-9/h3-6,8,17H,7H2,1-2H3,(H,14,19)(H,15,18)(H,16,20). The molecule has 0 fully saturated rings. The third-order valence-corrected chi connectivity index (χ3v) is 2.19. The van der Waals surface area contributed by atoms with Crippen LogP contribution in [0.4, 0.5) is 5.69 Å². The van der Waals surface area contributed by atoms with Crippen LogP contribution in [0.2, 0.25) is 0 Å². The Bertz CT molecular complexity index is 497. The number of amides is 3. The molecule has 1 rings (SSSR count). The predicted molar refractivity (Wildman–Crippen MR) is 73.0 cm³/mol. The van der Waals surface area contributed by atoms with Gasteiger partial charge in [0, 0.05) is 11.7 Å². The second-order valence-electron chi connectivity index (χ2n) is 4.41. The summed E-state index contributed by atoms with van der Waals surface area (Å²) in [4.78, 5) is 34.3. The summed E-state index contributed by atoms with van der Waals surface area (Å²) < 4.78 is 0. The molecular formula is C13H17N3O4. The number of benzene rings is 1. The Balaban J connectivity index is 2.41. The number of carbonyl (C=O) groups is 3. The SMILES string of the molecule is CC(C)NC(=O)CNC(=O)C(=O)Nc1ccc(O)cc1. The van der Waals surface area contributed by atoms with Crippen molar-refractivity contribution in [3.05, 3.63) is 24.3 Å². The summed E-state index contributed by atoms with van der Waals surface area (Å²) in [6.07, 6.45) is 0. The van der Waals surface area contributed by atoms with Crippen LogP contribution in [0, 0.1) is 0 Å². The zero-order chi connectivity index (χ0) is 15.1. The van der Waals surface area contributed by atoms with E-state index in [1.165, 1.54) is 24.3 Å². The van der Waals surface area contributed by atoms with Crippen molar-refractivity contribution in [3.8, 4) is 5.75 Å². The minimum Gasteiger partial charge on any atom is -0.508 e. The molecule has 1 aromatic rings. The predicted octanol–water partition coefficient (Wildman–Crippen LogP) is -0.0285. The maximum atomic E-state index is 11.5. The molecule has 0 atom stereocenters. The molecule has 0 aliphatic heterocycles. The highest BCUT2D eigenvalue weighted by Crippen LogP contribution is 2.13. The smallest absolute Gasteiger partial charge is 0.313 e. The Morgan fingerprint density at radius 2 is 1.70 bits per heavy atom. The van der Waals surface area contributed by atoms with Crippen molar-refractivity contribution < 1.29 is 19.5 Å². The van der Waals surface area contributed by atoms with Crippen LogP contribution in [0.15, 0.2) is 24.3 Å². The minimum absolute atomic E-state index is 0.0368. The summed E-state index contributed by atoms with van der Waals surface area (Å²) in [6, 6.07) is 5.62. The summed E-state index contributed by atoms with van der Waals surface area (Å²) in [5.74, 6) is -2.10. The number of hydrogen-bond acceptors (Lipinski definition) is 4. The molecule has 0 aromatic heterocycles. The number of phenols is 1. The van der Waals surface area contributed by atoms with Crippen molar-refractivity contribution in [2.75, 3.05) is 11.9 Å². The number of aromatic hydroxyl groups is 1. The highest BCUT2D eigenvalue weighted by molar-refractivity contribution is 6.39. The van der Waals surface area contributed by atoms with Crippen LogP contribution >= 0.6 is 0 Å². The Kier molecular flexibility index (Phi) is 5.52. The molecule has 0 bridgehead atoms. The number of rotatable bonds is 4. The molecule has 0 spiro atoms. The Hall–Kier alpha value is -2.57. The lowest BCUT2D eigenvalue weighted by molar-refractivity contribution is -0.136. The number of hydrogen-bond donors (Lipinski definition) is 4. The van der Waals surface area contributed by atoms with Crippen LogP contribution in [0.1, 0.15) is 13.8 Å². The van der Waals surface area contributed by atoms with Gasteiger partial charge in [0.1, 0.15) is 5.75 Å². The van der Waals surface area contributed by atoms with Gasteiger partial charge < -0.3 is 21.1 Å². The first-order valence-electron chi connectivity index (χ1n) is 6.06. The Labute approximate surface area is 116 Å².